The molecule has 1 rings (SSSR count). The van der Waals surface area contributed by atoms with Gasteiger partial charge in [0.15, 0.2) is 9.21 Å². The quantitative estimate of drug-likeness (QED) is 0.841. The first kappa shape index (κ1) is 11.6. The van der Waals surface area contributed by atoms with E-state index in [2.05, 4.69) is 42.1 Å². The van der Waals surface area contributed by atoms with E-state index in [0.29, 0.717) is 15.8 Å². The smallest absolute Gasteiger partial charge is 0.245 e. The first-order valence-electron chi connectivity index (χ1n) is 4.04. The van der Waals surface area contributed by atoms with Crippen molar-refractivity contribution in [2.75, 3.05) is 13.6 Å². The molecule has 5 nitrogen and oxygen atoms in total. The van der Waals surface area contributed by atoms with Crippen LogP contribution in [0.1, 0.15) is 6.92 Å². The molecule has 0 saturated heterocycles. The SMILES string of the molecule is CCN(C)C(=O)Cn1nc(Br)c(Br)n1. The molecule has 0 aliphatic heterocycles. The van der Waals surface area contributed by atoms with Crippen LogP contribution in [0, 0.1) is 0 Å². The van der Waals surface area contributed by atoms with Gasteiger partial charge in [0, 0.05) is 13.6 Å². The largest absolute Gasteiger partial charge is 0.344 e. The molecule has 1 aromatic rings. The van der Waals surface area contributed by atoms with Gasteiger partial charge in [0.05, 0.1) is 0 Å². The van der Waals surface area contributed by atoms with Gasteiger partial charge >= 0.3 is 0 Å². The van der Waals surface area contributed by atoms with Crippen molar-refractivity contribution in [3.05, 3.63) is 9.21 Å². The van der Waals surface area contributed by atoms with Crippen molar-refractivity contribution in [1.82, 2.24) is 19.9 Å². The zero-order valence-electron chi connectivity index (χ0n) is 7.87. The summed E-state index contributed by atoms with van der Waals surface area (Å²) in [6, 6.07) is 0. The molecular weight excluding hydrogens is 316 g/mol. The van der Waals surface area contributed by atoms with Crippen LogP contribution in [0.25, 0.3) is 0 Å². The highest BCUT2D eigenvalue weighted by Crippen LogP contribution is 2.16. The lowest BCUT2D eigenvalue weighted by Gasteiger charge is -2.13. The number of carbonyl (C=O) groups is 1. The number of rotatable bonds is 3. The summed E-state index contributed by atoms with van der Waals surface area (Å²) in [4.78, 5) is 14.4. The average Bonchev–Trinajstić information content (AvgIpc) is 2.44. The molecule has 7 heteroatoms. The van der Waals surface area contributed by atoms with Crippen LogP contribution in [0.5, 0.6) is 0 Å². The lowest BCUT2D eigenvalue weighted by molar-refractivity contribution is -0.130. The summed E-state index contributed by atoms with van der Waals surface area (Å²) in [5, 5.41) is 7.99. The van der Waals surface area contributed by atoms with Crippen LogP contribution in [0.3, 0.4) is 0 Å². The van der Waals surface area contributed by atoms with Gasteiger partial charge in [0.25, 0.3) is 0 Å². The van der Waals surface area contributed by atoms with Crippen LogP contribution in [-0.4, -0.2) is 39.4 Å². The number of nitrogens with zero attached hydrogens (tertiary/aromatic N) is 4. The molecule has 1 aromatic heterocycles. The Balaban J connectivity index is 2.65. The Kier molecular flexibility index (Phi) is 4.06. The molecule has 14 heavy (non-hydrogen) atoms. The van der Waals surface area contributed by atoms with Crippen LogP contribution in [0.15, 0.2) is 9.21 Å². The van der Waals surface area contributed by atoms with Gasteiger partial charge in [0.2, 0.25) is 5.91 Å². The zero-order chi connectivity index (χ0) is 10.7. The molecule has 1 amide bonds. The number of carbonyl (C=O) groups excluding carboxylic acids is 1. The van der Waals surface area contributed by atoms with Gasteiger partial charge in [-0.25, -0.2) is 0 Å². The molecule has 0 aromatic carbocycles. The minimum atomic E-state index is -0.0116. The topological polar surface area (TPSA) is 51.0 Å². The average molecular weight is 326 g/mol. The maximum Gasteiger partial charge on any atom is 0.245 e. The fourth-order valence-corrected chi connectivity index (χ4v) is 1.32. The van der Waals surface area contributed by atoms with E-state index in [9.17, 15) is 4.79 Å². The van der Waals surface area contributed by atoms with E-state index in [0.717, 1.165) is 0 Å². The fraction of sp³-hybridized carbons (Fsp3) is 0.571. The second kappa shape index (κ2) is 4.88. The number of likely N-dealkylation sites (N-methyl/N-ethyl adjacent to an activating group) is 1. The summed E-state index contributed by atoms with van der Waals surface area (Å²) in [5.41, 5.74) is 0. The van der Waals surface area contributed by atoms with E-state index in [1.807, 2.05) is 6.92 Å². The molecule has 78 valence electrons. The highest BCUT2D eigenvalue weighted by molar-refractivity contribution is 9.13. The lowest BCUT2D eigenvalue weighted by Crippen LogP contribution is -2.30. The van der Waals surface area contributed by atoms with Crippen LogP contribution < -0.4 is 0 Å². The second-order valence-electron chi connectivity index (χ2n) is 2.72. The summed E-state index contributed by atoms with van der Waals surface area (Å²) in [6.45, 7) is 2.76. The van der Waals surface area contributed by atoms with Crippen molar-refractivity contribution in [2.45, 2.75) is 13.5 Å². The standard InChI is InChI=1S/C7H10Br2N4O/c1-3-12(2)5(14)4-13-10-6(8)7(9)11-13/h3-4H2,1-2H3. The van der Waals surface area contributed by atoms with Crippen molar-refractivity contribution < 1.29 is 4.79 Å². The summed E-state index contributed by atoms with van der Waals surface area (Å²) in [6.07, 6.45) is 0. The van der Waals surface area contributed by atoms with Gasteiger partial charge < -0.3 is 4.90 Å². The van der Waals surface area contributed by atoms with Gasteiger partial charge in [-0.05, 0) is 38.8 Å². The van der Waals surface area contributed by atoms with Crippen LogP contribution in [0.2, 0.25) is 0 Å². The van der Waals surface area contributed by atoms with Crippen molar-refractivity contribution >= 4 is 37.8 Å². The van der Waals surface area contributed by atoms with E-state index in [-0.39, 0.29) is 12.5 Å². The molecular formula is C7H10Br2N4O. The predicted octanol–water partition coefficient (Wildman–Crippen LogP) is 1.28. The Morgan fingerprint density at radius 1 is 1.43 bits per heavy atom. The third-order valence-electron chi connectivity index (χ3n) is 1.75. The van der Waals surface area contributed by atoms with Gasteiger partial charge in [-0.3, -0.25) is 4.79 Å². The van der Waals surface area contributed by atoms with Crippen molar-refractivity contribution in [1.29, 1.82) is 0 Å². The van der Waals surface area contributed by atoms with Crippen molar-refractivity contribution in [3.8, 4) is 0 Å². The molecule has 0 spiro atoms. The predicted molar refractivity (Wildman–Crippen MR) is 58.7 cm³/mol. The molecule has 1 heterocycles. The van der Waals surface area contributed by atoms with Crippen molar-refractivity contribution in [3.63, 3.8) is 0 Å². The van der Waals surface area contributed by atoms with Crippen molar-refractivity contribution in [2.24, 2.45) is 0 Å². The van der Waals surface area contributed by atoms with E-state index in [1.54, 1.807) is 11.9 Å². The van der Waals surface area contributed by atoms with Crippen LogP contribution in [-0.2, 0) is 11.3 Å². The highest BCUT2D eigenvalue weighted by Gasteiger charge is 2.11. The first-order valence-corrected chi connectivity index (χ1v) is 5.63. The summed E-state index contributed by atoms with van der Waals surface area (Å²) in [5.74, 6) is -0.0116. The molecule has 0 radical (unpaired) electrons. The Hall–Kier alpha value is -0.430. The highest BCUT2D eigenvalue weighted by atomic mass is 79.9. The van der Waals surface area contributed by atoms with Crippen LogP contribution >= 0.6 is 31.9 Å². The summed E-state index contributed by atoms with van der Waals surface area (Å²) >= 11 is 6.39. The lowest BCUT2D eigenvalue weighted by atomic mass is 10.5. The maximum atomic E-state index is 11.5. The monoisotopic (exact) mass is 324 g/mol. The molecule has 0 fully saturated rings. The third kappa shape index (κ3) is 2.78. The first-order chi connectivity index (χ1) is 6.54. The molecule has 0 aliphatic carbocycles. The van der Waals surface area contributed by atoms with Gasteiger partial charge in [0.1, 0.15) is 6.54 Å². The van der Waals surface area contributed by atoms with E-state index in [4.69, 9.17) is 0 Å². The number of hydrogen-bond acceptors (Lipinski definition) is 3. The number of halogens is 2. The minimum absolute atomic E-state index is 0.0116. The van der Waals surface area contributed by atoms with E-state index in [1.165, 1.54) is 4.80 Å². The van der Waals surface area contributed by atoms with E-state index < -0.39 is 0 Å². The minimum Gasteiger partial charge on any atom is -0.344 e. The third-order valence-corrected chi connectivity index (χ3v) is 3.35. The Bertz CT molecular complexity index is 319. The van der Waals surface area contributed by atoms with Gasteiger partial charge in [-0.2, -0.15) is 4.80 Å². The van der Waals surface area contributed by atoms with Gasteiger partial charge in [-0.15, -0.1) is 10.2 Å². The molecule has 0 bridgehead atoms. The maximum absolute atomic E-state index is 11.5. The van der Waals surface area contributed by atoms with E-state index >= 15 is 0 Å². The zero-order valence-corrected chi connectivity index (χ0v) is 11.0. The molecule has 0 N–H and O–H groups in total. The Morgan fingerprint density at radius 3 is 2.36 bits per heavy atom. The molecule has 0 unspecified atom stereocenters. The Labute approximate surface area is 98.7 Å². The summed E-state index contributed by atoms with van der Waals surface area (Å²) < 4.78 is 1.20. The fourth-order valence-electron chi connectivity index (χ4n) is 0.796. The molecule has 0 aliphatic rings. The van der Waals surface area contributed by atoms with Gasteiger partial charge in [-0.1, -0.05) is 0 Å². The normalized spacial score (nSPS) is 10.3. The number of amides is 1. The molecule has 0 atom stereocenters. The van der Waals surface area contributed by atoms with Crippen LogP contribution in [0.4, 0.5) is 0 Å². The molecule has 0 saturated carbocycles. The number of hydrogen-bond donors (Lipinski definition) is 0. The summed E-state index contributed by atoms with van der Waals surface area (Å²) in [7, 11) is 1.75. The Morgan fingerprint density at radius 2 is 1.93 bits per heavy atom. The second-order valence-corrected chi connectivity index (χ2v) is 4.22. The number of aromatic nitrogens is 3.